The first-order valence-electron chi connectivity index (χ1n) is 35.6. The third kappa shape index (κ3) is 51.4. The first kappa shape index (κ1) is 80.9. The van der Waals surface area contributed by atoms with E-state index in [1.54, 1.807) is 0 Å². The minimum Gasteiger partial charge on any atom is -0.479 e. The Hall–Kier alpha value is -4.10. The highest BCUT2D eigenvalue weighted by Gasteiger charge is 2.50. The van der Waals surface area contributed by atoms with Crippen LogP contribution in [0.4, 0.5) is 0 Å². The molecule has 12 heteroatoms. The molecule has 3 N–H and O–H groups in total. The molecule has 1 fully saturated rings. The standard InChI is InChI=1S/C75H128O12/c1-4-7-10-13-16-19-22-25-28-31-34-37-40-43-46-49-52-55-58-61-67(76)83-64-66(85-68(77)62-59-56-53-50-47-44-41-38-35-32-29-26-23-20-17-14-11-8-5-2)65-84-75-73(71(80)70(79)72(87-75)74(81)82)86-69(78)63-60-57-54-51-48-45-42-39-36-33-30-27-24-21-18-15-12-9-6-3/h9,12,16,18-19,21,25,27-28,30,36,39,45,48,66,70-73,75,79-80H,4-8,10-11,13-15,17,20,22-24,26,29,31-35,37-38,40-44,46-47,49-65H2,1-3H3,(H,81,82)/b12-9-,19-16-,21-18-,28-25-,30-27-,39-36-,48-45-. The highest BCUT2D eigenvalue weighted by molar-refractivity contribution is 5.74. The number of hydrogen-bond donors (Lipinski definition) is 3. The van der Waals surface area contributed by atoms with Crippen LogP contribution >= 0.6 is 0 Å². The van der Waals surface area contributed by atoms with Crippen LogP contribution in [0.5, 0.6) is 0 Å². The molecule has 0 aromatic heterocycles. The number of rotatable bonds is 61. The molecule has 1 aliphatic rings. The molecule has 0 radical (unpaired) electrons. The molecular weight excluding hydrogens is 1090 g/mol. The number of unbranched alkanes of at least 4 members (excludes halogenated alkanes) is 33. The molecule has 1 saturated heterocycles. The molecule has 0 aromatic rings. The summed E-state index contributed by atoms with van der Waals surface area (Å²) >= 11 is 0. The van der Waals surface area contributed by atoms with Crippen molar-refractivity contribution in [1.29, 1.82) is 0 Å². The number of allylic oxidation sites excluding steroid dienone is 14. The molecule has 0 spiro atoms. The van der Waals surface area contributed by atoms with Crippen molar-refractivity contribution in [1.82, 2.24) is 0 Å². The van der Waals surface area contributed by atoms with Crippen molar-refractivity contribution in [3.63, 3.8) is 0 Å². The van der Waals surface area contributed by atoms with Gasteiger partial charge in [-0.3, -0.25) is 14.4 Å². The summed E-state index contributed by atoms with van der Waals surface area (Å²) in [4.78, 5) is 51.5. The zero-order chi connectivity index (χ0) is 63.1. The van der Waals surface area contributed by atoms with Crippen molar-refractivity contribution in [2.45, 2.75) is 353 Å². The maximum atomic E-state index is 13.3. The zero-order valence-electron chi connectivity index (χ0n) is 55.5. The van der Waals surface area contributed by atoms with Crippen LogP contribution in [0.1, 0.15) is 316 Å². The number of ether oxygens (including phenoxy) is 5. The van der Waals surface area contributed by atoms with Crippen molar-refractivity contribution in [3.05, 3.63) is 85.1 Å². The Morgan fingerprint density at radius 1 is 0.391 bits per heavy atom. The van der Waals surface area contributed by atoms with E-state index in [1.807, 2.05) is 0 Å². The monoisotopic (exact) mass is 1220 g/mol. The van der Waals surface area contributed by atoms with Gasteiger partial charge in [0, 0.05) is 19.3 Å². The molecule has 1 heterocycles. The van der Waals surface area contributed by atoms with E-state index in [2.05, 4.69) is 106 Å². The molecule has 12 nitrogen and oxygen atoms in total. The van der Waals surface area contributed by atoms with E-state index in [9.17, 15) is 34.5 Å². The van der Waals surface area contributed by atoms with Gasteiger partial charge in [0.1, 0.15) is 18.8 Å². The van der Waals surface area contributed by atoms with Crippen LogP contribution < -0.4 is 0 Å². The van der Waals surface area contributed by atoms with Crippen molar-refractivity contribution < 1.29 is 58.2 Å². The van der Waals surface area contributed by atoms with Gasteiger partial charge in [0.15, 0.2) is 24.6 Å². The molecule has 0 bridgehead atoms. The molecule has 0 aromatic carbocycles. The summed E-state index contributed by atoms with van der Waals surface area (Å²) in [6, 6.07) is 0. The van der Waals surface area contributed by atoms with Crippen LogP contribution in [0.15, 0.2) is 85.1 Å². The third-order valence-electron chi connectivity index (χ3n) is 16.0. The Morgan fingerprint density at radius 3 is 1.14 bits per heavy atom. The lowest BCUT2D eigenvalue weighted by Gasteiger charge is -2.40. The summed E-state index contributed by atoms with van der Waals surface area (Å²) in [5.74, 6) is -3.15. The second kappa shape index (κ2) is 62.1. The Morgan fingerprint density at radius 2 is 0.724 bits per heavy atom. The average molecular weight is 1220 g/mol. The highest BCUT2D eigenvalue weighted by Crippen LogP contribution is 2.27. The third-order valence-corrected chi connectivity index (χ3v) is 16.0. The Balaban J connectivity index is 2.65. The van der Waals surface area contributed by atoms with E-state index in [0.717, 1.165) is 103 Å². The van der Waals surface area contributed by atoms with Crippen LogP contribution in [-0.2, 0) is 42.9 Å². The van der Waals surface area contributed by atoms with E-state index < -0.39 is 67.3 Å². The van der Waals surface area contributed by atoms with E-state index in [4.69, 9.17) is 23.7 Å². The summed E-state index contributed by atoms with van der Waals surface area (Å²) in [6.45, 7) is 5.90. The van der Waals surface area contributed by atoms with Gasteiger partial charge in [0.05, 0.1) is 6.61 Å². The number of aliphatic hydroxyl groups excluding tert-OH is 2. The van der Waals surface area contributed by atoms with Crippen LogP contribution in [0, 0.1) is 0 Å². The maximum absolute atomic E-state index is 13.3. The summed E-state index contributed by atoms with van der Waals surface area (Å²) in [6.07, 6.45) is 69.6. The minimum atomic E-state index is -1.92. The van der Waals surface area contributed by atoms with Gasteiger partial charge in [-0.15, -0.1) is 0 Å². The van der Waals surface area contributed by atoms with E-state index in [-0.39, 0.29) is 25.9 Å². The number of aliphatic carboxylic acids is 1. The number of carboxylic acids is 1. The normalized spacial score (nSPS) is 17.8. The second-order valence-corrected chi connectivity index (χ2v) is 24.1. The van der Waals surface area contributed by atoms with Gasteiger partial charge in [-0.25, -0.2) is 4.79 Å². The molecule has 500 valence electrons. The fraction of sp³-hybridized carbons (Fsp3) is 0.760. The van der Waals surface area contributed by atoms with Crippen LogP contribution in [0.3, 0.4) is 0 Å². The van der Waals surface area contributed by atoms with Crippen LogP contribution in [0.2, 0.25) is 0 Å². The molecule has 1 rings (SSSR count). The summed E-state index contributed by atoms with van der Waals surface area (Å²) in [5, 5.41) is 31.7. The lowest BCUT2D eigenvalue weighted by atomic mass is 9.98. The summed E-state index contributed by atoms with van der Waals surface area (Å²) < 4.78 is 28.6. The average Bonchev–Trinajstić information content (AvgIpc) is 2.60. The molecule has 87 heavy (non-hydrogen) atoms. The predicted molar refractivity (Wildman–Crippen MR) is 358 cm³/mol. The fourth-order valence-electron chi connectivity index (χ4n) is 10.5. The lowest BCUT2D eigenvalue weighted by Crippen LogP contribution is -2.61. The molecule has 0 aliphatic carbocycles. The van der Waals surface area contributed by atoms with Crippen molar-refractivity contribution >= 4 is 23.9 Å². The second-order valence-electron chi connectivity index (χ2n) is 24.1. The summed E-state index contributed by atoms with van der Waals surface area (Å²) in [7, 11) is 0. The van der Waals surface area contributed by atoms with Gasteiger partial charge in [0.2, 0.25) is 0 Å². The van der Waals surface area contributed by atoms with Gasteiger partial charge in [-0.1, -0.05) is 286 Å². The summed E-state index contributed by atoms with van der Waals surface area (Å²) in [5.41, 5.74) is 0. The van der Waals surface area contributed by atoms with E-state index >= 15 is 0 Å². The molecule has 6 unspecified atom stereocenters. The lowest BCUT2D eigenvalue weighted by molar-refractivity contribution is -0.301. The molecular formula is C75H128O12. The Kier molecular flexibility index (Phi) is 57.8. The van der Waals surface area contributed by atoms with Crippen molar-refractivity contribution in [3.8, 4) is 0 Å². The minimum absolute atomic E-state index is 0.0198. The van der Waals surface area contributed by atoms with Gasteiger partial charge in [-0.2, -0.15) is 0 Å². The molecule has 1 aliphatic heterocycles. The molecule has 0 saturated carbocycles. The number of carbonyl (C=O) groups is 4. The van der Waals surface area contributed by atoms with E-state index in [1.165, 1.54) is 154 Å². The molecule has 6 atom stereocenters. The van der Waals surface area contributed by atoms with Gasteiger partial charge >= 0.3 is 23.9 Å². The highest BCUT2D eigenvalue weighted by atomic mass is 16.7. The SMILES string of the molecule is CC/C=C\C/C=C\C/C=C\C/C=C\C/C=C\CCCCCC(=O)OC1C(OCC(COC(=O)CCCCCCCCCCC/C=C\C/C=C\CCCCC)OC(=O)CCCCCCCCCCCCCCCCCCCCC)OC(C(=O)O)C(O)C1O. The van der Waals surface area contributed by atoms with Crippen molar-refractivity contribution in [2.75, 3.05) is 13.2 Å². The Labute approximate surface area is 531 Å². The zero-order valence-corrected chi connectivity index (χ0v) is 55.5. The van der Waals surface area contributed by atoms with Gasteiger partial charge in [0.25, 0.3) is 0 Å². The topological polar surface area (TPSA) is 175 Å². The van der Waals surface area contributed by atoms with Crippen LogP contribution in [0.25, 0.3) is 0 Å². The van der Waals surface area contributed by atoms with Gasteiger partial charge < -0.3 is 39.0 Å². The number of carboxylic acid groups (broad SMARTS) is 1. The number of carbonyl (C=O) groups excluding carboxylic acids is 3. The smallest absolute Gasteiger partial charge is 0.335 e. The van der Waals surface area contributed by atoms with Gasteiger partial charge in [-0.05, 0) is 96.3 Å². The fourth-order valence-corrected chi connectivity index (χ4v) is 10.5. The number of hydrogen-bond acceptors (Lipinski definition) is 11. The van der Waals surface area contributed by atoms with Crippen LogP contribution in [-0.4, -0.2) is 89.2 Å². The number of aliphatic hydroxyl groups is 2. The predicted octanol–water partition coefficient (Wildman–Crippen LogP) is 19.8. The Bertz CT molecular complexity index is 1830. The first-order chi connectivity index (χ1) is 42.6. The van der Waals surface area contributed by atoms with E-state index in [0.29, 0.717) is 19.3 Å². The van der Waals surface area contributed by atoms with Crippen molar-refractivity contribution in [2.24, 2.45) is 0 Å². The molecule has 0 amide bonds. The quantitative estimate of drug-likeness (QED) is 0.0228. The number of esters is 3. The largest absolute Gasteiger partial charge is 0.479 e. The maximum Gasteiger partial charge on any atom is 0.335 e. The first-order valence-corrected chi connectivity index (χ1v) is 35.6.